The fourth-order valence-electron chi connectivity index (χ4n) is 1.94. The standard InChI is InChI=1S/C15H8F6N2/c16-14(17,18)11-4-1-9(2-5-11)13-10(7-8-22)3-6-12(23-13)15(19,20)21/h1-6H,7H2. The summed E-state index contributed by atoms with van der Waals surface area (Å²) in [5.74, 6) is 0. The lowest BCUT2D eigenvalue weighted by Crippen LogP contribution is -2.10. The number of halogens is 6. The van der Waals surface area contributed by atoms with Gasteiger partial charge in [-0.25, -0.2) is 4.98 Å². The molecule has 1 aromatic heterocycles. The summed E-state index contributed by atoms with van der Waals surface area (Å²) < 4.78 is 75.8. The molecule has 0 amide bonds. The van der Waals surface area contributed by atoms with Crippen LogP contribution in [0.2, 0.25) is 0 Å². The molecule has 0 saturated heterocycles. The van der Waals surface area contributed by atoms with Gasteiger partial charge >= 0.3 is 12.4 Å². The molecule has 0 unspecified atom stereocenters. The number of pyridine rings is 1. The highest BCUT2D eigenvalue weighted by Crippen LogP contribution is 2.33. The molecule has 0 aliphatic carbocycles. The normalized spacial score (nSPS) is 12.0. The highest BCUT2D eigenvalue weighted by atomic mass is 19.4. The highest BCUT2D eigenvalue weighted by Gasteiger charge is 2.33. The molecule has 0 radical (unpaired) electrons. The summed E-state index contributed by atoms with van der Waals surface area (Å²) in [6, 6.07) is 7.21. The van der Waals surface area contributed by atoms with Gasteiger partial charge in [-0.2, -0.15) is 31.6 Å². The van der Waals surface area contributed by atoms with Gasteiger partial charge < -0.3 is 0 Å². The van der Waals surface area contributed by atoms with Crippen molar-refractivity contribution in [1.29, 1.82) is 5.26 Å². The average molecular weight is 330 g/mol. The quantitative estimate of drug-likeness (QED) is 0.738. The third kappa shape index (κ3) is 3.80. The molecule has 0 saturated carbocycles. The lowest BCUT2D eigenvalue weighted by molar-refractivity contribution is -0.141. The van der Waals surface area contributed by atoms with Crippen LogP contribution in [0, 0.1) is 11.3 Å². The summed E-state index contributed by atoms with van der Waals surface area (Å²) in [6.45, 7) is 0. The third-order valence-electron chi connectivity index (χ3n) is 3.02. The van der Waals surface area contributed by atoms with E-state index in [1.54, 1.807) is 6.07 Å². The van der Waals surface area contributed by atoms with Gasteiger partial charge in [0.15, 0.2) is 0 Å². The smallest absolute Gasteiger partial charge is 0.243 e. The largest absolute Gasteiger partial charge is 0.433 e. The monoisotopic (exact) mass is 330 g/mol. The Bertz CT molecular complexity index is 739. The van der Waals surface area contributed by atoms with Crippen LogP contribution in [0.5, 0.6) is 0 Å². The maximum atomic E-state index is 12.7. The van der Waals surface area contributed by atoms with E-state index in [9.17, 15) is 26.3 Å². The molecule has 120 valence electrons. The minimum atomic E-state index is -4.69. The van der Waals surface area contributed by atoms with Crippen molar-refractivity contribution in [3.05, 3.63) is 53.2 Å². The van der Waals surface area contributed by atoms with E-state index in [1.807, 2.05) is 0 Å². The summed E-state index contributed by atoms with van der Waals surface area (Å²) in [5.41, 5.74) is -1.96. The van der Waals surface area contributed by atoms with Crippen molar-refractivity contribution in [1.82, 2.24) is 4.98 Å². The number of nitriles is 1. The van der Waals surface area contributed by atoms with E-state index >= 15 is 0 Å². The van der Waals surface area contributed by atoms with Gasteiger partial charge in [-0.15, -0.1) is 0 Å². The van der Waals surface area contributed by atoms with E-state index < -0.39 is 23.6 Å². The summed E-state index contributed by atoms with van der Waals surface area (Å²) in [5, 5.41) is 8.72. The molecule has 2 nitrogen and oxygen atoms in total. The van der Waals surface area contributed by atoms with E-state index in [1.165, 1.54) is 0 Å². The molecule has 2 rings (SSSR count). The summed E-state index contributed by atoms with van der Waals surface area (Å²) in [6.07, 6.45) is -9.44. The Morgan fingerprint density at radius 3 is 1.96 bits per heavy atom. The number of nitrogens with zero attached hydrogens (tertiary/aromatic N) is 2. The van der Waals surface area contributed by atoms with Gasteiger partial charge in [-0.1, -0.05) is 18.2 Å². The number of rotatable bonds is 2. The second-order valence-corrected chi connectivity index (χ2v) is 4.61. The molecule has 0 N–H and O–H groups in total. The van der Waals surface area contributed by atoms with Crippen LogP contribution in [-0.2, 0) is 18.8 Å². The fraction of sp³-hybridized carbons (Fsp3) is 0.200. The van der Waals surface area contributed by atoms with Crippen molar-refractivity contribution in [2.75, 3.05) is 0 Å². The van der Waals surface area contributed by atoms with E-state index in [0.717, 1.165) is 36.4 Å². The molecule has 0 atom stereocenters. The number of benzene rings is 1. The van der Waals surface area contributed by atoms with Gasteiger partial charge in [0.1, 0.15) is 5.69 Å². The van der Waals surface area contributed by atoms with Gasteiger partial charge in [-0.05, 0) is 23.8 Å². The van der Waals surface area contributed by atoms with Crippen LogP contribution >= 0.6 is 0 Å². The van der Waals surface area contributed by atoms with Crippen LogP contribution in [0.15, 0.2) is 36.4 Å². The van der Waals surface area contributed by atoms with Crippen molar-refractivity contribution < 1.29 is 26.3 Å². The minimum absolute atomic E-state index is 0.0781. The zero-order chi connectivity index (χ0) is 17.3. The van der Waals surface area contributed by atoms with E-state index in [4.69, 9.17) is 5.26 Å². The van der Waals surface area contributed by atoms with Gasteiger partial charge in [0, 0.05) is 5.56 Å². The lowest BCUT2D eigenvalue weighted by Gasteiger charge is -2.12. The van der Waals surface area contributed by atoms with Gasteiger partial charge in [0.05, 0.1) is 23.7 Å². The molecule has 0 aliphatic rings. The Labute approximate surface area is 127 Å². The summed E-state index contributed by atoms with van der Waals surface area (Å²) in [7, 11) is 0. The Morgan fingerprint density at radius 1 is 0.870 bits per heavy atom. The molecule has 1 aromatic carbocycles. The second kappa shape index (κ2) is 5.91. The first kappa shape index (κ1) is 16.8. The molecule has 0 spiro atoms. The lowest BCUT2D eigenvalue weighted by atomic mass is 10.0. The SMILES string of the molecule is N#CCc1ccc(C(F)(F)F)nc1-c1ccc(C(F)(F)F)cc1. The third-order valence-corrected chi connectivity index (χ3v) is 3.02. The van der Waals surface area contributed by atoms with Crippen LogP contribution < -0.4 is 0 Å². The van der Waals surface area contributed by atoms with Crippen LogP contribution in [0.4, 0.5) is 26.3 Å². The van der Waals surface area contributed by atoms with Crippen LogP contribution in [0.25, 0.3) is 11.3 Å². The molecule has 0 aliphatic heterocycles. The number of hydrogen-bond acceptors (Lipinski definition) is 2. The first-order valence-corrected chi connectivity index (χ1v) is 6.24. The van der Waals surface area contributed by atoms with Crippen LogP contribution in [-0.4, -0.2) is 4.98 Å². The van der Waals surface area contributed by atoms with Crippen LogP contribution in [0.3, 0.4) is 0 Å². The number of aromatic nitrogens is 1. The minimum Gasteiger partial charge on any atom is -0.243 e. The van der Waals surface area contributed by atoms with Crippen LogP contribution in [0.1, 0.15) is 16.8 Å². The van der Waals surface area contributed by atoms with Crippen molar-refractivity contribution in [3.8, 4) is 17.3 Å². The predicted octanol–water partition coefficient (Wildman–Crippen LogP) is 4.85. The first-order valence-electron chi connectivity index (χ1n) is 6.24. The average Bonchev–Trinajstić information content (AvgIpc) is 2.46. The van der Waals surface area contributed by atoms with E-state index in [0.29, 0.717) is 0 Å². The molecular weight excluding hydrogens is 322 g/mol. The Morgan fingerprint density at radius 2 is 1.48 bits per heavy atom. The zero-order valence-corrected chi connectivity index (χ0v) is 11.3. The fourth-order valence-corrected chi connectivity index (χ4v) is 1.94. The predicted molar refractivity (Wildman–Crippen MR) is 69.0 cm³/mol. The molecule has 0 bridgehead atoms. The van der Waals surface area contributed by atoms with Gasteiger partial charge in [-0.3, -0.25) is 0 Å². The second-order valence-electron chi connectivity index (χ2n) is 4.61. The zero-order valence-electron chi connectivity index (χ0n) is 11.3. The molecule has 23 heavy (non-hydrogen) atoms. The van der Waals surface area contributed by atoms with Crippen molar-refractivity contribution in [2.45, 2.75) is 18.8 Å². The van der Waals surface area contributed by atoms with Crippen molar-refractivity contribution in [3.63, 3.8) is 0 Å². The maximum Gasteiger partial charge on any atom is 0.433 e. The molecule has 2 aromatic rings. The number of alkyl halides is 6. The van der Waals surface area contributed by atoms with E-state index in [2.05, 4.69) is 4.98 Å². The number of hydrogen-bond donors (Lipinski definition) is 0. The van der Waals surface area contributed by atoms with Gasteiger partial charge in [0.25, 0.3) is 0 Å². The highest BCUT2D eigenvalue weighted by molar-refractivity contribution is 5.64. The maximum absolute atomic E-state index is 12.7. The Hall–Kier alpha value is -2.56. The summed E-state index contributed by atoms with van der Waals surface area (Å²) >= 11 is 0. The molecular formula is C15H8F6N2. The molecule has 1 heterocycles. The van der Waals surface area contributed by atoms with Crippen molar-refractivity contribution in [2.24, 2.45) is 0 Å². The van der Waals surface area contributed by atoms with Crippen molar-refractivity contribution >= 4 is 0 Å². The van der Waals surface area contributed by atoms with Gasteiger partial charge in [0.2, 0.25) is 0 Å². The summed E-state index contributed by atoms with van der Waals surface area (Å²) in [4.78, 5) is 3.47. The molecule has 0 fully saturated rings. The first-order chi connectivity index (χ1) is 10.6. The Balaban J connectivity index is 2.54. The molecule has 8 heteroatoms. The van der Waals surface area contributed by atoms with E-state index in [-0.39, 0.29) is 23.2 Å². The Kier molecular flexibility index (Phi) is 4.32. The topological polar surface area (TPSA) is 36.7 Å².